The number of nitrogens with one attached hydrogen (secondary N) is 1. The molecule has 1 amide bonds. The predicted octanol–water partition coefficient (Wildman–Crippen LogP) is 3.11. The highest BCUT2D eigenvalue weighted by molar-refractivity contribution is 6.30. The summed E-state index contributed by atoms with van der Waals surface area (Å²) in [6.07, 6.45) is 2.03. The van der Waals surface area contributed by atoms with E-state index >= 15 is 0 Å². The molecule has 1 unspecified atom stereocenters. The Kier molecular flexibility index (Phi) is 6.31. The highest BCUT2D eigenvalue weighted by Gasteiger charge is 2.36. The zero-order chi connectivity index (χ0) is 13.9. The summed E-state index contributed by atoms with van der Waals surface area (Å²) in [7, 11) is 1.87. The summed E-state index contributed by atoms with van der Waals surface area (Å²) in [6, 6.07) is 7.65. The Morgan fingerprint density at radius 2 is 2.05 bits per heavy atom. The SMILES string of the molecule is CN(Cc1ccc(Cl)cc1)C(=O)C1(C)CCCNC1.Cl. The highest BCUT2D eigenvalue weighted by Crippen LogP contribution is 2.28. The second-order valence-electron chi connectivity index (χ2n) is 5.63. The van der Waals surface area contributed by atoms with Crippen molar-refractivity contribution in [1.29, 1.82) is 0 Å². The number of carbonyl (C=O) groups is 1. The molecule has 3 nitrogen and oxygen atoms in total. The summed E-state index contributed by atoms with van der Waals surface area (Å²) in [5, 5.41) is 4.04. The number of carbonyl (C=O) groups excluding carboxylic acids is 1. The molecule has 0 aliphatic carbocycles. The minimum absolute atomic E-state index is 0. The van der Waals surface area contributed by atoms with E-state index in [1.54, 1.807) is 0 Å². The Labute approximate surface area is 132 Å². The van der Waals surface area contributed by atoms with Crippen molar-refractivity contribution in [2.45, 2.75) is 26.3 Å². The maximum atomic E-state index is 12.6. The molecule has 0 radical (unpaired) electrons. The summed E-state index contributed by atoms with van der Waals surface area (Å²) in [4.78, 5) is 14.4. The summed E-state index contributed by atoms with van der Waals surface area (Å²) >= 11 is 5.87. The number of nitrogens with zero attached hydrogens (tertiary/aromatic N) is 1. The van der Waals surface area contributed by atoms with E-state index in [4.69, 9.17) is 11.6 Å². The molecule has 20 heavy (non-hydrogen) atoms. The van der Waals surface area contributed by atoms with Gasteiger partial charge < -0.3 is 10.2 Å². The van der Waals surface area contributed by atoms with Gasteiger partial charge in [-0.05, 0) is 44.0 Å². The third-order valence-corrected chi connectivity index (χ3v) is 4.05. The average molecular weight is 317 g/mol. The van der Waals surface area contributed by atoms with E-state index in [2.05, 4.69) is 12.2 Å². The molecule has 112 valence electrons. The number of hydrogen-bond acceptors (Lipinski definition) is 2. The molecule has 1 saturated heterocycles. The Morgan fingerprint density at radius 1 is 1.40 bits per heavy atom. The first-order valence-corrected chi connectivity index (χ1v) is 7.10. The third kappa shape index (κ3) is 4.11. The van der Waals surface area contributed by atoms with Crippen LogP contribution in [-0.4, -0.2) is 30.9 Å². The van der Waals surface area contributed by atoms with Gasteiger partial charge in [0.1, 0.15) is 0 Å². The van der Waals surface area contributed by atoms with Crippen LogP contribution in [0, 0.1) is 5.41 Å². The lowest BCUT2D eigenvalue weighted by Gasteiger charge is -2.36. The largest absolute Gasteiger partial charge is 0.341 e. The van der Waals surface area contributed by atoms with Gasteiger partial charge in [0.2, 0.25) is 5.91 Å². The molecule has 2 rings (SSSR count). The van der Waals surface area contributed by atoms with Gasteiger partial charge in [-0.15, -0.1) is 12.4 Å². The zero-order valence-corrected chi connectivity index (χ0v) is 13.6. The van der Waals surface area contributed by atoms with Crippen molar-refractivity contribution in [3.05, 3.63) is 34.9 Å². The maximum absolute atomic E-state index is 12.6. The number of rotatable bonds is 3. The van der Waals surface area contributed by atoms with Crippen LogP contribution in [0.25, 0.3) is 0 Å². The van der Waals surface area contributed by atoms with E-state index in [9.17, 15) is 4.79 Å². The van der Waals surface area contributed by atoms with Crippen molar-refractivity contribution in [2.24, 2.45) is 5.41 Å². The molecule has 1 N–H and O–H groups in total. The maximum Gasteiger partial charge on any atom is 0.229 e. The molecule has 1 aromatic rings. The molecule has 1 heterocycles. The summed E-state index contributed by atoms with van der Waals surface area (Å²) < 4.78 is 0. The lowest BCUT2D eigenvalue weighted by molar-refractivity contribution is -0.141. The van der Waals surface area contributed by atoms with E-state index in [-0.39, 0.29) is 23.7 Å². The van der Waals surface area contributed by atoms with Crippen molar-refractivity contribution >= 4 is 29.9 Å². The number of amides is 1. The topological polar surface area (TPSA) is 32.3 Å². The van der Waals surface area contributed by atoms with Crippen LogP contribution >= 0.6 is 24.0 Å². The van der Waals surface area contributed by atoms with Gasteiger partial charge >= 0.3 is 0 Å². The molecule has 0 spiro atoms. The fourth-order valence-corrected chi connectivity index (χ4v) is 2.76. The van der Waals surface area contributed by atoms with Crippen molar-refractivity contribution in [3.8, 4) is 0 Å². The second kappa shape index (κ2) is 7.30. The first-order chi connectivity index (χ1) is 9.01. The molecular formula is C15H22Cl2N2O. The molecule has 1 aromatic carbocycles. The van der Waals surface area contributed by atoms with Crippen LogP contribution in [-0.2, 0) is 11.3 Å². The third-order valence-electron chi connectivity index (χ3n) is 3.79. The normalized spacial score (nSPS) is 21.9. The van der Waals surface area contributed by atoms with Crippen LogP contribution in [0.2, 0.25) is 5.02 Å². The minimum Gasteiger partial charge on any atom is -0.341 e. The highest BCUT2D eigenvalue weighted by atomic mass is 35.5. The Hall–Kier alpha value is -0.770. The van der Waals surface area contributed by atoms with Gasteiger partial charge in [0.15, 0.2) is 0 Å². The van der Waals surface area contributed by atoms with Crippen LogP contribution in [0.5, 0.6) is 0 Å². The van der Waals surface area contributed by atoms with Gasteiger partial charge in [-0.2, -0.15) is 0 Å². The van der Waals surface area contributed by atoms with Crippen LogP contribution in [0.3, 0.4) is 0 Å². The lowest BCUT2D eigenvalue weighted by Crippen LogP contribution is -2.48. The molecule has 1 aliphatic rings. The molecule has 1 fully saturated rings. The average Bonchev–Trinajstić information content (AvgIpc) is 2.41. The number of benzene rings is 1. The van der Waals surface area contributed by atoms with Gasteiger partial charge in [0, 0.05) is 25.2 Å². The lowest BCUT2D eigenvalue weighted by atomic mass is 9.81. The van der Waals surface area contributed by atoms with E-state index in [0.717, 1.165) is 36.5 Å². The number of hydrogen-bond donors (Lipinski definition) is 1. The van der Waals surface area contributed by atoms with Gasteiger partial charge in [0.25, 0.3) is 0 Å². The van der Waals surface area contributed by atoms with Crippen LogP contribution < -0.4 is 5.32 Å². The van der Waals surface area contributed by atoms with Gasteiger partial charge in [-0.1, -0.05) is 23.7 Å². The zero-order valence-electron chi connectivity index (χ0n) is 12.0. The number of piperidine rings is 1. The van der Waals surface area contributed by atoms with Crippen LogP contribution in [0.4, 0.5) is 0 Å². The van der Waals surface area contributed by atoms with Crippen molar-refractivity contribution in [1.82, 2.24) is 10.2 Å². The Morgan fingerprint density at radius 3 is 2.60 bits per heavy atom. The predicted molar refractivity (Wildman–Crippen MR) is 85.4 cm³/mol. The summed E-state index contributed by atoms with van der Waals surface area (Å²) in [5.41, 5.74) is 0.840. The fourth-order valence-electron chi connectivity index (χ4n) is 2.64. The van der Waals surface area contributed by atoms with Gasteiger partial charge in [0.05, 0.1) is 5.41 Å². The first kappa shape index (κ1) is 17.3. The molecule has 0 saturated carbocycles. The van der Waals surface area contributed by atoms with Crippen molar-refractivity contribution in [3.63, 3.8) is 0 Å². The molecular weight excluding hydrogens is 295 g/mol. The van der Waals surface area contributed by atoms with E-state index in [1.165, 1.54) is 0 Å². The minimum atomic E-state index is -0.264. The summed E-state index contributed by atoms with van der Waals surface area (Å²) in [6.45, 7) is 4.48. The van der Waals surface area contributed by atoms with E-state index in [1.807, 2.05) is 36.2 Å². The Balaban J connectivity index is 0.00000200. The molecule has 1 aliphatic heterocycles. The fraction of sp³-hybridized carbons (Fsp3) is 0.533. The van der Waals surface area contributed by atoms with Crippen LogP contribution in [0.15, 0.2) is 24.3 Å². The van der Waals surface area contributed by atoms with Crippen LogP contribution in [0.1, 0.15) is 25.3 Å². The standard InChI is InChI=1S/C15H21ClN2O.ClH/c1-15(8-3-9-17-11-15)14(19)18(2)10-12-4-6-13(16)7-5-12;/h4-7,17H,3,8-11H2,1-2H3;1H. The summed E-state index contributed by atoms with van der Waals surface area (Å²) in [5.74, 6) is 0.217. The van der Waals surface area contributed by atoms with Crippen molar-refractivity contribution < 1.29 is 4.79 Å². The van der Waals surface area contributed by atoms with E-state index in [0.29, 0.717) is 6.54 Å². The molecule has 5 heteroatoms. The monoisotopic (exact) mass is 316 g/mol. The first-order valence-electron chi connectivity index (χ1n) is 6.72. The Bertz CT molecular complexity index is 442. The smallest absolute Gasteiger partial charge is 0.229 e. The second-order valence-corrected chi connectivity index (χ2v) is 6.07. The molecule has 0 aromatic heterocycles. The quantitative estimate of drug-likeness (QED) is 0.929. The van der Waals surface area contributed by atoms with Gasteiger partial charge in [-0.25, -0.2) is 0 Å². The number of halogens is 2. The van der Waals surface area contributed by atoms with Crippen molar-refractivity contribution in [2.75, 3.05) is 20.1 Å². The molecule has 1 atom stereocenters. The van der Waals surface area contributed by atoms with E-state index < -0.39 is 0 Å². The van der Waals surface area contributed by atoms with Gasteiger partial charge in [-0.3, -0.25) is 4.79 Å². The molecule has 0 bridgehead atoms.